The Morgan fingerprint density at radius 1 is 1.04 bits per heavy atom. The molecule has 142 valence electrons. The number of esters is 1. The van der Waals surface area contributed by atoms with E-state index < -0.39 is 12.1 Å². The highest BCUT2D eigenvalue weighted by atomic mass is 16.5. The molecule has 0 aliphatic heterocycles. The summed E-state index contributed by atoms with van der Waals surface area (Å²) in [5.41, 5.74) is 1.61. The minimum absolute atomic E-state index is 0.132. The van der Waals surface area contributed by atoms with Gasteiger partial charge in [0.05, 0.1) is 20.8 Å². The smallest absolute Gasteiger partial charge is 0.303 e. The summed E-state index contributed by atoms with van der Waals surface area (Å²) in [6.07, 6.45) is 2.51. The average molecular weight is 369 g/mol. The second kappa shape index (κ2) is 10.0. The van der Waals surface area contributed by atoms with Crippen LogP contribution in [0, 0.1) is 0 Å². The summed E-state index contributed by atoms with van der Waals surface area (Å²) < 4.78 is 15.8. The lowest BCUT2D eigenvalue weighted by molar-refractivity contribution is -0.147. The highest BCUT2D eigenvalue weighted by Gasteiger charge is 2.18. The lowest BCUT2D eigenvalue weighted by atomic mass is 10.1. The van der Waals surface area contributed by atoms with Crippen molar-refractivity contribution in [3.05, 3.63) is 65.7 Å². The standard InChI is InChI=1S/C21H23NO5/c1-15(23)27-20(17-10-11-18(25-2)19(13-17)26-3)14-22-21(24)12-9-16-7-5-4-6-8-16/h4-13,20H,14H2,1-3H3,(H,22,24). The SMILES string of the molecule is COc1ccc(C(CNC(=O)C=Cc2ccccc2)OC(C)=O)cc1OC. The monoisotopic (exact) mass is 369 g/mol. The van der Waals surface area contributed by atoms with E-state index in [4.69, 9.17) is 14.2 Å². The van der Waals surface area contributed by atoms with Gasteiger partial charge in [-0.05, 0) is 29.3 Å². The number of rotatable bonds is 8. The minimum atomic E-state index is -0.642. The van der Waals surface area contributed by atoms with E-state index in [1.54, 1.807) is 31.4 Å². The van der Waals surface area contributed by atoms with Crippen molar-refractivity contribution in [1.82, 2.24) is 5.32 Å². The van der Waals surface area contributed by atoms with Crippen LogP contribution in [0.5, 0.6) is 11.5 Å². The van der Waals surface area contributed by atoms with Crippen molar-refractivity contribution < 1.29 is 23.8 Å². The Morgan fingerprint density at radius 2 is 1.74 bits per heavy atom. The fraction of sp³-hybridized carbons (Fsp3) is 0.238. The number of carbonyl (C=O) groups is 2. The van der Waals surface area contributed by atoms with E-state index in [1.807, 2.05) is 30.3 Å². The molecule has 2 rings (SSSR count). The third-order valence-corrected chi connectivity index (χ3v) is 3.78. The molecule has 1 unspecified atom stereocenters. The lowest BCUT2D eigenvalue weighted by Gasteiger charge is -2.19. The Labute approximate surface area is 158 Å². The highest BCUT2D eigenvalue weighted by Crippen LogP contribution is 2.31. The second-order valence-corrected chi connectivity index (χ2v) is 5.70. The number of ether oxygens (including phenoxy) is 3. The van der Waals surface area contributed by atoms with Crippen LogP contribution in [0.2, 0.25) is 0 Å². The zero-order valence-electron chi connectivity index (χ0n) is 15.6. The van der Waals surface area contributed by atoms with E-state index in [1.165, 1.54) is 20.1 Å². The second-order valence-electron chi connectivity index (χ2n) is 5.70. The highest BCUT2D eigenvalue weighted by molar-refractivity contribution is 5.91. The molecule has 0 bridgehead atoms. The molecule has 0 saturated carbocycles. The molecule has 6 heteroatoms. The maximum absolute atomic E-state index is 12.1. The largest absolute Gasteiger partial charge is 0.493 e. The normalized spacial score (nSPS) is 11.7. The van der Waals surface area contributed by atoms with Crippen molar-refractivity contribution in [1.29, 1.82) is 0 Å². The van der Waals surface area contributed by atoms with Crippen molar-refractivity contribution in [2.45, 2.75) is 13.0 Å². The molecule has 0 spiro atoms. The molecule has 6 nitrogen and oxygen atoms in total. The molecule has 1 N–H and O–H groups in total. The van der Waals surface area contributed by atoms with Gasteiger partial charge in [0.2, 0.25) is 5.91 Å². The van der Waals surface area contributed by atoms with Gasteiger partial charge in [-0.25, -0.2) is 0 Å². The maximum Gasteiger partial charge on any atom is 0.303 e. The van der Waals surface area contributed by atoms with E-state index in [0.717, 1.165) is 5.56 Å². The first-order chi connectivity index (χ1) is 13.0. The Morgan fingerprint density at radius 3 is 2.37 bits per heavy atom. The van der Waals surface area contributed by atoms with E-state index in [-0.39, 0.29) is 12.5 Å². The topological polar surface area (TPSA) is 73.9 Å². The summed E-state index contributed by atoms with van der Waals surface area (Å²) in [7, 11) is 3.07. The van der Waals surface area contributed by atoms with E-state index in [9.17, 15) is 9.59 Å². The molecule has 2 aromatic carbocycles. The summed E-state index contributed by atoms with van der Waals surface area (Å²) in [5, 5.41) is 2.75. The molecule has 0 heterocycles. The van der Waals surface area contributed by atoms with Gasteiger partial charge in [0.15, 0.2) is 11.5 Å². The molecule has 2 aromatic rings. The van der Waals surface area contributed by atoms with E-state index in [0.29, 0.717) is 17.1 Å². The lowest BCUT2D eigenvalue weighted by Crippen LogP contribution is -2.28. The van der Waals surface area contributed by atoms with Crippen LogP contribution < -0.4 is 14.8 Å². The molecule has 1 atom stereocenters. The van der Waals surface area contributed by atoms with Gasteiger partial charge < -0.3 is 19.5 Å². The van der Waals surface area contributed by atoms with Crippen LogP contribution in [0.25, 0.3) is 6.08 Å². The van der Waals surface area contributed by atoms with Crippen LogP contribution in [0.15, 0.2) is 54.6 Å². The molecule has 1 amide bonds. The van der Waals surface area contributed by atoms with Crippen LogP contribution in [0.1, 0.15) is 24.2 Å². The van der Waals surface area contributed by atoms with Gasteiger partial charge in [-0.3, -0.25) is 9.59 Å². The summed E-state index contributed by atoms with van der Waals surface area (Å²) >= 11 is 0. The number of nitrogens with one attached hydrogen (secondary N) is 1. The molecule has 0 fully saturated rings. The van der Waals surface area contributed by atoms with Gasteiger partial charge in [-0.15, -0.1) is 0 Å². The van der Waals surface area contributed by atoms with Crippen LogP contribution in [-0.4, -0.2) is 32.6 Å². The Bertz CT molecular complexity index is 801. The number of benzene rings is 2. The number of methoxy groups -OCH3 is 2. The predicted octanol–water partition coefficient (Wildman–Crippen LogP) is 3.14. The Hall–Kier alpha value is -3.28. The summed E-state index contributed by atoms with van der Waals surface area (Å²) in [6, 6.07) is 14.7. The van der Waals surface area contributed by atoms with Gasteiger partial charge in [-0.1, -0.05) is 36.4 Å². The fourth-order valence-electron chi connectivity index (χ4n) is 2.47. The first-order valence-electron chi connectivity index (χ1n) is 8.43. The van der Waals surface area contributed by atoms with Gasteiger partial charge in [0.25, 0.3) is 0 Å². The predicted molar refractivity (Wildman–Crippen MR) is 103 cm³/mol. The van der Waals surface area contributed by atoms with Crippen LogP contribution >= 0.6 is 0 Å². The van der Waals surface area contributed by atoms with Crippen LogP contribution in [-0.2, 0) is 14.3 Å². The zero-order chi connectivity index (χ0) is 19.6. The van der Waals surface area contributed by atoms with Crippen molar-refractivity contribution in [2.75, 3.05) is 20.8 Å². The van der Waals surface area contributed by atoms with E-state index >= 15 is 0 Å². The number of hydrogen-bond donors (Lipinski definition) is 1. The van der Waals surface area contributed by atoms with Gasteiger partial charge >= 0.3 is 5.97 Å². The van der Waals surface area contributed by atoms with Crippen molar-refractivity contribution >= 4 is 18.0 Å². The molecule has 0 aromatic heterocycles. The molecule has 0 radical (unpaired) electrons. The Kier molecular flexibility index (Phi) is 7.43. The zero-order valence-corrected chi connectivity index (χ0v) is 15.6. The summed E-state index contributed by atoms with van der Waals surface area (Å²) in [6.45, 7) is 1.46. The Balaban J connectivity index is 2.07. The first kappa shape index (κ1) is 20.0. The average Bonchev–Trinajstić information content (AvgIpc) is 2.69. The molecule has 0 aliphatic carbocycles. The quantitative estimate of drug-likeness (QED) is 0.572. The molecular weight excluding hydrogens is 346 g/mol. The van der Waals surface area contributed by atoms with Gasteiger partial charge in [0.1, 0.15) is 6.10 Å². The number of amides is 1. The van der Waals surface area contributed by atoms with Crippen molar-refractivity contribution in [3.8, 4) is 11.5 Å². The minimum Gasteiger partial charge on any atom is -0.493 e. The molecular formula is C21H23NO5. The van der Waals surface area contributed by atoms with Gasteiger partial charge in [0, 0.05) is 13.0 Å². The van der Waals surface area contributed by atoms with Crippen LogP contribution in [0.3, 0.4) is 0 Å². The van der Waals surface area contributed by atoms with Crippen LogP contribution in [0.4, 0.5) is 0 Å². The third kappa shape index (κ3) is 6.18. The number of carbonyl (C=O) groups excluding carboxylic acids is 2. The fourth-order valence-corrected chi connectivity index (χ4v) is 2.47. The van der Waals surface area contributed by atoms with Crippen molar-refractivity contribution in [3.63, 3.8) is 0 Å². The number of hydrogen-bond acceptors (Lipinski definition) is 5. The first-order valence-corrected chi connectivity index (χ1v) is 8.43. The molecule has 27 heavy (non-hydrogen) atoms. The third-order valence-electron chi connectivity index (χ3n) is 3.78. The molecule has 0 aliphatic rings. The summed E-state index contributed by atoms with van der Waals surface area (Å²) in [5.74, 6) is 0.362. The maximum atomic E-state index is 12.1. The van der Waals surface area contributed by atoms with E-state index in [2.05, 4.69) is 5.32 Å². The van der Waals surface area contributed by atoms with Crippen molar-refractivity contribution in [2.24, 2.45) is 0 Å². The molecule has 0 saturated heterocycles. The van der Waals surface area contributed by atoms with Gasteiger partial charge in [-0.2, -0.15) is 0 Å². The summed E-state index contributed by atoms with van der Waals surface area (Å²) in [4.78, 5) is 23.5.